The smallest absolute Gasteiger partial charge is 0.207 e. The number of halogens is 1. The molecule has 0 fully saturated rings. The highest BCUT2D eigenvalue weighted by Crippen LogP contribution is 2.14. The summed E-state index contributed by atoms with van der Waals surface area (Å²) in [6.45, 7) is 1.37. The molecule has 88 valence electrons. The van der Waals surface area contributed by atoms with Crippen LogP contribution in [0.1, 0.15) is 12.5 Å². The molecule has 0 aliphatic carbocycles. The van der Waals surface area contributed by atoms with Gasteiger partial charge < -0.3 is 0 Å². The molecule has 0 aliphatic rings. The molecule has 0 saturated heterocycles. The van der Waals surface area contributed by atoms with Crippen molar-refractivity contribution in [1.82, 2.24) is 4.72 Å². The van der Waals surface area contributed by atoms with Gasteiger partial charge in [-0.2, -0.15) is 15.2 Å². The molecule has 1 rings (SSSR count). The van der Waals surface area contributed by atoms with Gasteiger partial charge in [-0.1, -0.05) is 0 Å². The largest absolute Gasteiger partial charge is 0.241 e. The van der Waals surface area contributed by atoms with Gasteiger partial charge in [0.15, 0.2) is 0 Å². The first-order chi connectivity index (χ1) is 7.90. The van der Waals surface area contributed by atoms with Crippen LogP contribution in [0.2, 0.25) is 0 Å². The highest BCUT2D eigenvalue weighted by Gasteiger charge is 2.18. The van der Waals surface area contributed by atoms with Crippen molar-refractivity contribution in [2.75, 3.05) is 0 Å². The average Bonchev–Trinajstić information content (AvgIpc) is 2.28. The van der Waals surface area contributed by atoms with Gasteiger partial charge >= 0.3 is 0 Å². The first-order valence-corrected chi connectivity index (χ1v) is 6.00. The van der Waals surface area contributed by atoms with Gasteiger partial charge in [0.25, 0.3) is 0 Å². The summed E-state index contributed by atoms with van der Waals surface area (Å²) in [5.41, 5.74) is -0.363. The van der Waals surface area contributed by atoms with Crippen molar-refractivity contribution in [1.29, 1.82) is 10.5 Å². The third kappa shape index (κ3) is 3.00. The van der Waals surface area contributed by atoms with Gasteiger partial charge in [0.1, 0.15) is 17.9 Å². The standard InChI is InChI=1S/C10H8FN3O2S/c1-7(5-12)14-17(15,16)9-2-3-10(11)8(4-9)6-13/h2-4,7,14H,1H3. The lowest BCUT2D eigenvalue weighted by Crippen LogP contribution is -2.31. The van der Waals surface area contributed by atoms with Crippen LogP contribution in [-0.4, -0.2) is 14.5 Å². The highest BCUT2D eigenvalue weighted by atomic mass is 32.2. The molecule has 1 unspecified atom stereocenters. The Hall–Kier alpha value is -1.96. The van der Waals surface area contributed by atoms with E-state index < -0.39 is 21.9 Å². The number of nitrogens with one attached hydrogen (secondary N) is 1. The molecule has 0 aromatic heterocycles. The summed E-state index contributed by atoms with van der Waals surface area (Å²) >= 11 is 0. The molecule has 0 spiro atoms. The fourth-order valence-corrected chi connectivity index (χ4v) is 2.26. The zero-order valence-electron chi connectivity index (χ0n) is 8.81. The maximum absolute atomic E-state index is 13.0. The van der Waals surface area contributed by atoms with Gasteiger partial charge in [-0.15, -0.1) is 0 Å². The van der Waals surface area contributed by atoms with Gasteiger partial charge in [0.05, 0.1) is 16.5 Å². The Morgan fingerprint density at radius 1 is 1.41 bits per heavy atom. The lowest BCUT2D eigenvalue weighted by Gasteiger charge is -2.08. The number of hydrogen-bond donors (Lipinski definition) is 1. The Labute approximate surface area is 98.2 Å². The summed E-state index contributed by atoms with van der Waals surface area (Å²) in [5.74, 6) is -0.792. The van der Waals surface area contributed by atoms with E-state index >= 15 is 0 Å². The first-order valence-electron chi connectivity index (χ1n) is 4.52. The molecule has 0 saturated carbocycles. The van der Waals surface area contributed by atoms with Crippen molar-refractivity contribution in [3.63, 3.8) is 0 Å². The lowest BCUT2D eigenvalue weighted by atomic mass is 10.2. The molecule has 0 amide bonds. The van der Waals surface area contributed by atoms with Crippen molar-refractivity contribution in [2.24, 2.45) is 0 Å². The molecule has 17 heavy (non-hydrogen) atoms. The van der Waals surface area contributed by atoms with Gasteiger partial charge in [0, 0.05) is 0 Å². The first kappa shape index (κ1) is 13.1. The number of sulfonamides is 1. The molecule has 0 heterocycles. The average molecular weight is 253 g/mol. The summed E-state index contributed by atoms with van der Waals surface area (Å²) in [5, 5.41) is 17.1. The van der Waals surface area contributed by atoms with Crippen LogP contribution in [-0.2, 0) is 10.0 Å². The zero-order valence-corrected chi connectivity index (χ0v) is 9.62. The lowest BCUT2D eigenvalue weighted by molar-refractivity contribution is 0.576. The number of benzene rings is 1. The number of rotatable bonds is 3. The number of nitriles is 2. The summed E-state index contributed by atoms with van der Waals surface area (Å²) < 4.78 is 38.4. The van der Waals surface area contributed by atoms with Gasteiger partial charge in [-0.25, -0.2) is 12.8 Å². The van der Waals surface area contributed by atoms with Crippen molar-refractivity contribution in [2.45, 2.75) is 17.9 Å². The van der Waals surface area contributed by atoms with Crippen LogP contribution < -0.4 is 4.72 Å². The molecular weight excluding hydrogens is 245 g/mol. The van der Waals surface area contributed by atoms with E-state index in [1.807, 2.05) is 0 Å². The number of nitrogens with zero attached hydrogens (tertiary/aromatic N) is 2. The molecular formula is C10H8FN3O2S. The second kappa shape index (κ2) is 4.91. The van der Waals surface area contributed by atoms with E-state index in [1.165, 1.54) is 6.92 Å². The molecule has 1 aromatic rings. The predicted molar refractivity (Wildman–Crippen MR) is 56.5 cm³/mol. The van der Waals surface area contributed by atoms with E-state index in [0.29, 0.717) is 0 Å². The summed E-state index contributed by atoms with van der Waals surface area (Å²) in [4.78, 5) is -0.252. The molecule has 0 radical (unpaired) electrons. The van der Waals surface area contributed by atoms with Crippen molar-refractivity contribution in [3.8, 4) is 12.1 Å². The van der Waals surface area contributed by atoms with Crippen molar-refractivity contribution >= 4 is 10.0 Å². The second-order valence-corrected chi connectivity index (χ2v) is 4.94. The summed E-state index contributed by atoms with van der Waals surface area (Å²) in [7, 11) is -3.91. The van der Waals surface area contributed by atoms with E-state index in [9.17, 15) is 12.8 Å². The van der Waals surface area contributed by atoms with Crippen LogP contribution >= 0.6 is 0 Å². The van der Waals surface area contributed by atoms with Gasteiger partial charge in [0.2, 0.25) is 10.0 Å². The molecule has 1 aromatic carbocycles. The maximum atomic E-state index is 13.0. The van der Waals surface area contributed by atoms with Crippen LogP contribution in [0.5, 0.6) is 0 Å². The van der Waals surface area contributed by atoms with E-state index in [2.05, 4.69) is 4.72 Å². The fourth-order valence-electron chi connectivity index (χ4n) is 1.08. The van der Waals surface area contributed by atoms with Gasteiger partial charge in [-0.05, 0) is 25.1 Å². The van der Waals surface area contributed by atoms with E-state index in [1.54, 1.807) is 12.1 Å². The Morgan fingerprint density at radius 2 is 2.06 bits per heavy atom. The highest BCUT2D eigenvalue weighted by molar-refractivity contribution is 7.89. The topological polar surface area (TPSA) is 93.8 Å². The van der Waals surface area contributed by atoms with E-state index in [4.69, 9.17) is 10.5 Å². The minimum absolute atomic E-state index is 0.252. The number of hydrogen-bond acceptors (Lipinski definition) is 4. The molecule has 5 nitrogen and oxygen atoms in total. The Bertz CT molecular complexity index is 613. The molecule has 7 heteroatoms. The zero-order chi connectivity index (χ0) is 13.1. The molecule has 1 N–H and O–H groups in total. The van der Waals surface area contributed by atoms with Crippen molar-refractivity contribution in [3.05, 3.63) is 29.6 Å². The Morgan fingerprint density at radius 3 is 2.59 bits per heavy atom. The van der Waals surface area contributed by atoms with Crippen LogP contribution in [0.25, 0.3) is 0 Å². The quantitative estimate of drug-likeness (QED) is 0.865. The fraction of sp³-hybridized carbons (Fsp3) is 0.200. The molecule has 1 atom stereocenters. The Kier molecular flexibility index (Phi) is 3.79. The van der Waals surface area contributed by atoms with Crippen LogP contribution in [0.4, 0.5) is 4.39 Å². The minimum atomic E-state index is -3.91. The van der Waals surface area contributed by atoms with Crippen molar-refractivity contribution < 1.29 is 12.8 Å². The normalized spacial score (nSPS) is 12.5. The molecule has 0 aliphatic heterocycles. The minimum Gasteiger partial charge on any atom is -0.207 e. The predicted octanol–water partition coefficient (Wildman–Crippen LogP) is 0.888. The second-order valence-electron chi connectivity index (χ2n) is 3.23. The molecule has 0 bridgehead atoms. The SMILES string of the molecule is CC(C#N)NS(=O)(=O)c1ccc(F)c(C#N)c1. The maximum Gasteiger partial charge on any atom is 0.241 e. The monoisotopic (exact) mass is 253 g/mol. The Balaban J connectivity index is 3.18. The van der Waals surface area contributed by atoms with Crippen LogP contribution in [0.15, 0.2) is 23.1 Å². The van der Waals surface area contributed by atoms with Crippen LogP contribution in [0.3, 0.4) is 0 Å². The summed E-state index contributed by atoms with van der Waals surface area (Å²) in [6, 6.07) is 5.18. The summed E-state index contributed by atoms with van der Waals surface area (Å²) in [6.07, 6.45) is 0. The van der Waals surface area contributed by atoms with Gasteiger partial charge in [-0.3, -0.25) is 0 Å². The third-order valence-corrected chi connectivity index (χ3v) is 3.43. The third-order valence-electron chi connectivity index (χ3n) is 1.89. The van der Waals surface area contributed by atoms with E-state index in [-0.39, 0.29) is 10.5 Å². The van der Waals surface area contributed by atoms with Crippen LogP contribution in [0, 0.1) is 28.5 Å². The van der Waals surface area contributed by atoms with E-state index in [0.717, 1.165) is 18.2 Å².